The van der Waals surface area contributed by atoms with E-state index in [2.05, 4.69) is 149 Å². The summed E-state index contributed by atoms with van der Waals surface area (Å²) in [6.07, 6.45) is 4.17. The van der Waals surface area contributed by atoms with E-state index in [4.69, 9.17) is 9.97 Å². The van der Waals surface area contributed by atoms with Gasteiger partial charge in [0, 0.05) is 39.2 Å². The zero-order chi connectivity index (χ0) is 30.5. The van der Waals surface area contributed by atoms with Gasteiger partial charge in [0.25, 0.3) is 0 Å². The number of rotatable bonds is 5. The highest BCUT2D eigenvalue weighted by molar-refractivity contribution is 6.18. The Morgan fingerprint density at radius 1 is 0.435 bits per heavy atom. The Balaban J connectivity index is 1.29. The highest BCUT2D eigenvalue weighted by Gasteiger charge is 2.21. The van der Waals surface area contributed by atoms with E-state index in [0.29, 0.717) is 5.82 Å². The summed E-state index contributed by atoms with van der Waals surface area (Å²) in [6.45, 7) is 0. The molecule has 46 heavy (non-hydrogen) atoms. The third-order valence-electron chi connectivity index (χ3n) is 8.84. The molecule has 0 atom stereocenters. The maximum atomic E-state index is 5.21. The van der Waals surface area contributed by atoms with Gasteiger partial charge in [-0.05, 0) is 41.5 Å². The van der Waals surface area contributed by atoms with E-state index < -0.39 is 0 Å². The number of aromatic nitrogens is 4. The molecule has 3 aromatic heterocycles. The van der Waals surface area contributed by atoms with Gasteiger partial charge in [-0.1, -0.05) is 127 Å². The normalized spacial score (nSPS) is 11.5. The molecule has 216 valence electrons. The number of nitrogens with zero attached hydrogens (tertiary/aromatic N) is 4. The van der Waals surface area contributed by atoms with Crippen LogP contribution in [0.4, 0.5) is 0 Å². The molecule has 0 aliphatic carbocycles. The van der Waals surface area contributed by atoms with Gasteiger partial charge in [-0.3, -0.25) is 0 Å². The van der Waals surface area contributed by atoms with Crippen LogP contribution in [0.15, 0.2) is 170 Å². The summed E-state index contributed by atoms with van der Waals surface area (Å²) in [7, 11) is 0. The molecule has 0 fully saturated rings. The monoisotopic (exact) mass is 588 g/mol. The number of para-hydroxylation sites is 1. The summed E-state index contributed by atoms with van der Waals surface area (Å²) in [5, 5.41) is 3.57. The number of benzene rings is 6. The van der Waals surface area contributed by atoms with E-state index in [-0.39, 0.29) is 0 Å². The summed E-state index contributed by atoms with van der Waals surface area (Å²) in [4.78, 5) is 10.1. The molecule has 0 amide bonds. The van der Waals surface area contributed by atoms with E-state index in [1.54, 1.807) is 0 Å². The van der Waals surface area contributed by atoms with Gasteiger partial charge in [0.05, 0.1) is 34.1 Å². The summed E-state index contributed by atoms with van der Waals surface area (Å²) in [5.74, 6) is 0.708. The van der Waals surface area contributed by atoms with Crippen LogP contribution in [0.1, 0.15) is 0 Å². The second-order valence-electron chi connectivity index (χ2n) is 11.5. The fourth-order valence-corrected chi connectivity index (χ4v) is 6.67. The van der Waals surface area contributed by atoms with Crippen LogP contribution in [-0.4, -0.2) is 19.1 Å². The topological polar surface area (TPSA) is 35.6 Å². The minimum absolute atomic E-state index is 0.708. The van der Waals surface area contributed by atoms with E-state index in [1.165, 1.54) is 27.3 Å². The van der Waals surface area contributed by atoms with Gasteiger partial charge in [0.1, 0.15) is 0 Å². The highest BCUT2D eigenvalue weighted by atomic mass is 15.0. The molecule has 0 spiro atoms. The van der Waals surface area contributed by atoms with Crippen molar-refractivity contribution in [3.63, 3.8) is 0 Å². The van der Waals surface area contributed by atoms with Gasteiger partial charge in [-0.25, -0.2) is 9.97 Å². The summed E-state index contributed by atoms with van der Waals surface area (Å²) >= 11 is 0. The van der Waals surface area contributed by atoms with Gasteiger partial charge >= 0.3 is 0 Å². The van der Waals surface area contributed by atoms with Crippen LogP contribution in [0.25, 0.3) is 77.9 Å². The standard InChI is InChI=1S/C42H28N4/c1-4-12-29(13-5-1)30-20-22-33(23-21-30)45-27-26-36-37(45)25-24-35-34-18-10-11-19-38(34)46(41(35)36)39-28-43-42(32-16-8-3-9-17-32)44-40(39)31-14-6-2-7-15-31/h1-28H. The molecule has 0 unspecified atom stereocenters. The van der Waals surface area contributed by atoms with Gasteiger partial charge in [-0.2, -0.15) is 0 Å². The van der Waals surface area contributed by atoms with Crippen LogP contribution in [0.2, 0.25) is 0 Å². The molecule has 0 saturated heterocycles. The minimum Gasteiger partial charge on any atom is -0.316 e. The van der Waals surface area contributed by atoms with E-state index >= 15 is 0 Å². The molecular weight excluding hydrogens is 560 g/mol. The quantitative estimate of drug-likeness (QED) is 0.200. The summed E-state index contributed by atoms with van der Waals surface area (Å²) in [5.41, 5.74) is 10.8. The molecule has 0 bridgehead atoms. The van der Waals surface area contributed by atoms with Crippen molar-refractivity contribution in [3.05, 3.63) is 170 Å². The van der Waals surface area contributed by atoms with Crippen LogP contribution < -0.4 is 0 Å². The second-order valence-corrected chi connectivity index (χ2v) is 11.5. The average molecular weight is 589 g/mol. The zero-order valence-electron chi connectivity index (χ0n) is 25.0. The molecule has 0 aliphatic rings. The van der Waals surface area contributed by atoms with E-state index in [0.717, 1.165) is 44.7 Å². The Morgan fingerprint density at radius 2 is 1.07 bits per heavy atom. The lowest BCUT2D eigenvalue weighted by Gasteiger charge is -2.15. The van der Waals surface area contributed by atoms with Gasteiger partial charge in [0.15, 0.2) is 5.82 Å². The first-order valence-corrected chi connectivity index (χ1v) is 15.5. The second kappa shape index (κ2) is 10.7. The molecule has 3 heterocycles. The van der Waals surface area contributed by atoms with Gasteiger partial charge in [-0.15, -0.1) is 0 Å². The van der Waals surface area contributed by atoms with Gasteiger partial charge in [0.2, 0.25) is 0 Å². The van der Waals surface area contributed by atoms with Crippen LogP contribution in [0.3, 0.4) is 0 Å². The van der Waals surface area contributed by atoms with Crippen LogP contribution in [-0.2, 0) is 0 Å². The first-order valence-electron chi connectivity index (χ1n) is 15.5. The number of fused-ring (bicyclic) bond motifs is 5. The maximum Gasteiger partial charge on any atom is 0.159 e. The van der Waals surface area contributed by atoms with E-state index in [9.17, 15) is 0 Å². The Hall–Kier alpha value is -6.26. The highest BCUT2D eigenvalue weighted by Crippen LogP contribution is 2.40. The molecule has 9 aromatic rings. The lowest BCUT2D eigenvalue weighted by molar-refractivity contribution is 1.09. The van der Waals surface area contributed by atoms with Crippen molar-refractivity contribution >= 4 is 32.7 Å². The first kappa shape index (κ1) is 26.2. The molecule has 4 nitrogen and oxygen atoms in total. The predicted molar refractivity (Wildman–Crippen MR) is 190 cm³/mol. The van der Waals surface area contributed by atoms with Crippen LogP contribution in [0, 0.1) is 0 Å². The fourth-order valence-electron chi connectivity index (χ4n) is 6.67. The fraction of sp³-hybridized carbons (Fsp3) is 0. The first-order chi connectivity index (χ1) is 22.8. The lowest BCUT2D eigenvalue weighted by Crippen LogP contribution is -2.03. The number of hydrogen-bond acceptors (Lipinski definition) is 2. The Bertz CT molecular complexity index is 2490. The molecule has 0 aliphatic heterocycles. The molecule has 0 saturated carbocycles. The lowest BCUT2D eigenvalue weighted by atomic mass is 10.1. The molecule has 0 radical (unpaired) electrons. The van der Waals surface area contributed by atoms with E-state index in [1.807, 2.05) is 30.5 Å². The summed E-state index contributed by atoms with van der Waals surface area (Å²) < 4.78 is 4.63. The van der Waals surface area contributed by atoms with Crippen molar-refractivity contribution in [1.29, 1.82) is 0 Å². The van der Waals surface area contributed by atoms with Crippen LogP contribution in [0.5, 0.6) is 0 Å². The van der Waals surface area contributed by atoms with Gasteiger partial charge < -0.3 is 9.13 Å². The predicted octanol–water partition coefficient (Wildman–Crippen LogP) is 10.5. The van der Waals surface area contributed by atoms with Crippen LogP contribution >= 0.6 is 0 Å². The molecular formula is C42H28N4. The molecule has 0 N–H and O–H groups in total. The Kier molecular flexibility index (Phi) is 6.10. The van der Waals surface area contributed by atoms with Crippen molar-refractivity contribution < 1.29 is 0 Å². The molecule has 4 heteroatoms. The SMILES string of the molecule is c1ccc(-c2ccc(-n3ccc4c3ccc3c5ccccc5n(-c5cnc(-c6ccccc6)nc5-c5ccccc5)c34)cc2)cc1. The van der Waals surface area contributed by atoms with Crippen molar-refractivity contribution in [1.82, 2.24) is 19.1 Å². The third kappa shape index (κ3) is 4.23. The zero-order valence-corrected chi connectivity index (χ0v) is 25.0. The number of hydrogen-bond donors (Lipinski definition) is 0. The van der Waals surface area contributed by atoms with Crippen molar-refractivity contribution in [2.75, 3.05) is 0 Å². The maximum absolute atomic E-state index is 5.21. The van der Waals surface area contributed by atoms with Crippen molar-refractivity contribution in [3.8, 4) is 45.1 Å². The third-order valence-corrected chi connectivity index (χ3v) is 8.84. The Morgan fingerprint density at radius 3 is 1.80 bits per heavy atom. The summed E-state index contributed by atoms with van der Waals surface area (Å²) in [6, 6.07) is 55.3. The average Bonchev–Trinajstić information content (AvgIpc) is 3.72. The molecule has 9 rings (SSSR count). The largest absolute Gasteiger partial charge is 0.316 e. The Labute approximate surface area is 266 Å². The molecule has 6 aromatic carbocycles. The smallest absolute Gasteiger partial charge is 0.159 e. The van der Waals surface area contributed by atoms with Crippen molar-refractivity contribution in [2.24, 2.45) is 0 Å². The minimum atomic E-state index is 0.708. The van der Waals surface area contributed by atoms with Crippen molar-refractivity contribution in [2.45, 2.75) is 0 Å².